The lowest BCUT2D eigenvalue weighted by molar-refractivity contribution is 0.297. The van der Waals surface area contributed by atoms with Gasteiger partial charge in [-0.2, -0.15) is 5.26 Å². The number of ether oxygens (including phenoxy) is 2. The Balaban J connectivity index is 1.58. The number of nitrogens with two attached hydrogens (primary N) is 1. The minimum absolute atomic E-state index is 0.324. The van der Waals surface area contributed by atoms with Gasteiger partial charge in [0.1, 0.15) is 0 Å². The van der Waals surface area contributed by atoms with Crippen LogP contribution in [-0.2, 0) is 0 Å². The number of imidazole rings is 1. The number of guanidine groups is 1. The summed E-state index contributed by atoms with van der Waals surface area (Å²) in [5.41, 5.74) is 11.0. The van der Waals surface area contributed by atoms with Gasteiger partial charge in [0, 0.05) is 42.9 Å². The van der Waals surface area contributed by atoms with Crippen LogP contribution in [0.15, 0.2) is 35.3 Å². The number of nitrogens with zero attached hydrogens (tertiary/aromatic N) is 5. The molecule has 0 amide bonds. The molecule has 170 valence electrons. The Morgan fingerprint density at radius 3 is 2.76 bits per heavy atom. The molecule has 2 aliphatic heterocycles. The molecule has 1 unspecified atom stereocenters. The lowest BCUT2D eigenvalue weighted by Crippen LogP contribution is -2.31. The molecule has 9 heteroatoms. The number of fused-ring (bicyclic) bond motifs is 4. The number of hydrogen-bond acceptors (Lipinski definition) is 8. The van der Waals surface area contributed by atoms with Crippen molar-refractivity contribution >= 4 is 28.6 Å². The first-order valence-corrected chi connectivity index (χ1v) is 11.2. The van der Waals surface area contributed by atoms with Gasteiger partial charge in [-0.25, -0.2) is 9.98 Å². The first-order chi connectivity index (χ1) is 16.1. The van der Waals surface area contributed by atoms with Crippen molar-refractivity contribution < 1.29 is 9.47 Å². The van der Waals surface area contributed by atoms with E-state index >= 15 is 0 Å². The van der Waals surface area contributed by atoms with E-state index in [9.17, 15) is 0 Å². The Labute approximate surface area is 192 Å². The molecule has 1 aromatic heterocycles. The van der Waals surface area contributed by atoms with Crippen LogP contribution in [0.5, 0.6) is 11.5 Å². The number of aliphatic imine (C=N–C) groups is 1. The average Bonchev–Trinajstić information content (AvgIpc) is 2.98. The highest BCUT2D eigenvalue weighted by molar-refractivity contribution is 5.95. The highest BCUT2D eigenvalue weighted by Crippen LogP contribution is 2.39. The molecule has 5 rings (SSSR count). The van der Waals surface area contributed by atoms with E-state index in [1.54, 1.807) is 0 Å². The number of aryl methyl sites for hydroxylation is 1. The number of hydrogen-bond donors (Lipinski definition) is 2. The van der Waals surface area contributed by atoms with Gasteiger partial charge in [0.25, 0.3) is 0 Å². The Bertz CT molecular complexity index is 1270. The summed E-state index contributed by atoms with van der Waals surface area (Å²) in [6, 6.07) is 12.4. The van der Waals surface area contributed by atoms with Gasteiger partial charge in [-0.05, 0) is 31.5 Å². The quantitative estimate of drug-likeness (QED) is 0.617. The van der Waals surface area contributed by atoms with Crippen LogP contribution in [0.2, 0.25) is 0 Å². The highest BCUT2D eigenvalue weighted by atomic mass is 16.5. The summed E-state index contributed by atoms with van der Waals surface area (Å²) in [6.07, 6.45) is 0.973. The van der Waals surface area contributed by atoms with E-state index in [0.717, 1.165) is 40.8 Å². The summed E-state index contributed by atoms with van der Waals surface area (Å²) in [5, 5.41) is 12.1. The smallest absolute Gasteiger partial charge is 0.212 e. The summed E-state index contributed by atoms with van der Waals surface area (Å²) < 4.78 is 13.8. The van der Waals surface area contributed by atoms with Gasteiger partial charge < -0.3 is 20.1 Å². The van der Waals surface area contributed by atoms with Crippen LogP contribution in [0, 0.1) is 18.3 Å². The van der Waals surface area contributed by atoms with Crippen molar-refractivity contribution in [1.82, 2.24) is 9.55 Å². The molecule has 1 atom stereocenters. The molecule has 9 nitrogen and oxygen atoms in total. The zero-order chi connectivity index (χ0) is 22.9. The molecule has 0 aliphatic carbocycles. The molecule has 0 radical (unpaired) electrons. The normalized spacial score (nSPS) is 16.9. The fourth-order valence-electron chi connectivity index (χ4n) is 4.43. The molecule has 0 saturated carbocycles. The van der Waals surface area contributed by atoms with Gasteiger partial charge in [-0.1, -0.05) is 6.07 Å². The third-order valence-electron chi connectivity index (χ3n) is 6.08. The van der Waals surface area contributed by atoms with Gasteiger partial charge in [-0.3, -0.25) is 9.88 Å². The van der Waals surface area contributed by atoms with Crippen molar-refractivity contribution in [2.24, 2.45) is 10.7 Å². The molecule has 0 bridgehead atoms. The second-order valence-electron chi connectivity index (χ2n) is 8.19. The second kappa shape index (κ2) is 8.54. The summed E-state index contributed by atoms with van der Waals surface area (Å²) in [4.78, 5) is 11.7. The maximum atomic E-state index is 8.97. The van der Waals surface area contributed by atoms with Crippen LogP contribution < -0.4 is 25.4 Å². The largest absolute Gasteiger partial charge is 0.489 e. The number of aromatic nitrogens is 2. The van der Waals surface area contributed by atoms with Gasteiger partial charge in [0.05, 0.1) is 36.7 Å². The summed E-state index contributed by atoms with van der Waals surface area (Å²) >= 11 is 0. The maximum absolute atomic E-state index is 8.97. The van der Waals surface area contributed by atoms with Crippen LogP contribution in [0.1, 0.15) is 37.1 Å². The molecule has 2 aromatic carbocycles. The number of rotatable bonds is 5. The Hall–Kier alpha value is -3.93. The Morgan fingerprint density at radius 2 is 2.03 bits per heavy atom. The summed E-state index contributed by atoms with van der Waals surface area (Å²) in [6.45, 7) is 6.95. The first-order valence-electron chi connectivity index (χ1n) is 11.2. The van der Waals surface area contributed by atoms with Crippen molar-refractivity contribution in [2.45, 2.75) is 32.9 Å². The zero-order valence-electron chi connectivity index (χ0n) is 18.8. The fraction of sp³-hybridized carbons (Fsp3) is 0.375. The molecule has 0 spiro atoms. The number of benzene rings is 2. The zero-order valence-corrected chi connectivity index (χ0v) is 18.8. The number of nitrogens with one attached hydrogen (secondary N) is 1. The highest BCUT2D eigenvalue weighted by Gasteiger charge is 2.28. The van der Waals surface area contributed by atoms with Gasteiger partial charge in [0.15, 0.2) is 23.6 Å². The maximum Gasteiger partial charge on any atom is 0.212 e. The van der Waals surface area contributed by atoms with E-state index in [0.29, 0.717) is 49.6 Å². The van der Waals surface area contributed by atoms with Crippen LogP contribution in [0.25, 0.3) is 11.0 Å². The first kappa shape index (κ1) is 20.9. The molecule has 3 N–H and O–H groups in total. The fourth-order valence-corrected chi connectivity index (χ4v) is 4.43. The number of nitriles is 1. The molecule has 33 heavy (non-hydrogen) atoms. The van der Waals surface area contributed by atoms with Gasteiger partial charge in [-0.15, -0.1) is 0 Å². The Kier molecular flexibility index (Phi) is 5.42. The third kappa shape index (κ3) is 3.78. The summed E-state index contributed by atoms with van der Waals surface area (Å²) in [7, 11) is 0. The molecular formula is C24H27N7O2. The van der Waals surface area contributed by atoms with E-state index < -0.39 is 0 Å². The van der Waals surface area contributed by atoms with Crippen LogP contribution in [0.3, 0.4) is 0 Å². The van der Waals surface area contributed by atoms with E-state index in [4.69, 9.17) is 30.4 Å². The van der Waals surface area contributed by atoms with E-state index in [-0.39, 0.29) is 6.17 Å². The van der Waals surface area contributed by atoms with Crippen molar-refractivity contribution in [2.75, 3.05) is 36.5 Å². The standard InChI is InChI=1S/C24H27N7O2/c1-3-30(9-4-8-25)16-6-7-17(15(2)12-16)22-28-23(26)29-24-27-18-13-20-21(14-19(18)31(22)24)33-11-5-10-32-20/h6-7,12-14,22H,3-5,9-11H2,1-2H3,(H3,26,27,28,29). The van der Waals surface area contributed by atoms with Crippen molar-refractivity contribution in [1.29, 1.82) is 5.26 Å². The predicted molar refractivity (Wildman–Crippen MR) is 128 cm³/mol. The van der Waals surface area contributed by atoms with Crippen molar-refractivity contribution in [3.8, 4) is 17.6 Å². The second-order valence-corrected chi connectivity index (χ2v) is 8.19. The minimum atomic E-state index is -0.362. The number of anilines is 2. The Morgan fingerprint density at radius 1 is 1.24 bits per heavy atom. The molecule has 3 heterocycles. The van der Waals surface area contributed by atoms with Crippen molar-refractivity contribution in [3.63, 3.8) is 0 Å². The third-order valence-corrected chi connectivity index (χ3v) is 6.08. The van der Waals surface area contributed by atoms with Gasteiger partial charge in [0.2, 0.25) is 5.95 Å². The topological polar surface area (TPSA) is 114 Å². The predicted octanol–water partition coefficient (Wildman–Crippen LogP) is 3.53. The minimum Gasteiger partial charge on any atom is -0.489 e. The van der Waals surface area contributed by atoms with Crippen LogP contribution >= 0.6 is 0 Å². The van der Waals surface area contributed by atoms with E-state index in [1.165, 1.54) is 0 Å². The lowest BCUT2D eigenvalue weighted by Gasteiger charge is -2.27. The van der Waals surface area contributed by atoms with Crippen LogP contribution in [0.4, 0.5) is 11.6 Å². The average molecular weight is 446 g/mol. The SMILES string of the molecule is CCN(CCC#N)c1ccc(C2N=C(N)Nc3nc4cc5c(cc4n32)OCCCO5)c(C)c1. The van der Waals surface area contributed by atoms with E-state index in [2.05, 4.69) is 52.9 Å². The lowest BCUT2D eigenvalue weighted by atomic mass is 10.0. The van der Waals surface area contributed by atoms with Crippen molar-refractivity contribution in [3.05, 3.63) is 41.5 Å². The monoisotopic (exact) mass is 445 g/mol. The van der Waals surface area contributed by atoms with Crippen LogP contribution in [-0.4, -0.2) is 41.8 Å². The van der Waals surface area contributed by atoms with Gasteiger partial charge >= 0.3 is 0 Å². The summed E-state index contributed by atoms with van der Waals surface area (Å²) in [5.74, 6) is 2.38. The molecule has 3 aromatic rings. The molecule has 0 fully saturated rings. The molecular weight excluding hydrogens is 418 g/mol. The van der Waals surface area contributed by atoms with E-state index in [1.807, 2.05) is 12.1 Å². The molecule has 0 saturated heterocycles. The molecule has 2 aliphatic rings.